The molecule has 0 aromatic rings. The Morgan fingerprint density at radius 3 is 2.68 bits per heavy atom. The highest BCUT2D eigenvalue weighted by molar-refractivity contribution is 7.91. The van der Waals surface area contributed by atoms with Crippen LogP contribution in [0.2, 0.25) is 0 Å². The van der Waals surface area contributed by atoms with Gasteiger partial charge in [0, 0.05) is 12.6 Å². The van der Waals surface area contributed by atoms with Gasteiger partial charge in [-0.05, 0) is 20.3 Å². The molecule has 8 heteroatoms. The number of carbonyl (C=O) groups is 1. The molecule has 0 spiro atoms. The third-order valence-electron chi connectivity index (χ3n) is 3.13. The van der Waals surface area contributed by atoms with E-state index in [2.05, 4.69) is 10.6 Å². The second kappa shape index (κ2) is 5.26. The average Bonchev–Trinajstić information content (AvgIpc) is 2.78. The fourth-order valence-electron chi connectivity index (χ4n) is 2.22. The van der Waals surface area contributed by atoms with Crippen LogP contribution in [0.1, 0.15) is 20.3 Å². The smallest absolute Gasteiger partial charge is 0.315 e. The summed E-state index contributed by atoms with van der Waals surface area (Å²) in [5, 5.41) is 5.32. The van der Waals surface area contributed by atoms with Crippen molar-refractivity contribution in [3.63, 3.8) is 0 Å². The standard InChI is InChI=1S/C11H20N2O5S/c1-11(2)17-6-9(18-11)5-12-10(14)13-8-3-4-19(15,16)7-8/h8-9H,3-7H2,1-2H3,(H2,12,13,14)/t8-,9-/m1/s1. The van der Waals surface area contributed by atoms with Gasteiger partial charge in [0.25, 0.3) is 0 Å². The van der Waals surface area contributed by atoms with Gasteiger partial charge in [0.2, 0.25) is 0 Å². The minimum absolute atomic E-state index is 0.0243. The van der Waals surface area contributed by atoms with Crippen LogP contribution >= 0.6 is 0 Å². The van der Waals surface area contributed by atoms with E-state index < -0.39 is 15.6 Å². The van der Waals surface area contributed by atoms with E-state index >= 15 is 0 Å². The lowest BCUT2D eigenvalue weighted by Gasteiger charge is -2.18. The van der Waals surface area contributed by atoms with Gasteiger partial charge in [-0.3, -0.25) is 0 Å². The van der Waals surface area contributed by atoms with Crippen molar-refractivity contribution in [3.05, 3.63) is 0 Å². The third kappa shape index (κ3) is 4.32. The van der Waals surface area contributed by atoms with E-state index in [1.54, 1.807) is 0 Å². The van der Waals surface area contributed by atoms with Crippen molar-refractivity contribution in [2.75, 3.05) is 24.7 Å². The predicted molar refractivity (Wildman–Crippen MR) is 68.5 cm³/mol. The summed E-state index contributed by atoms with van der Waals surface area (Å²) >= 11 is 0. The molecule has 2 fully saturated rings. The van der Waals surface area contributed by atoms with Crippen molar-refractivity contribution in [1.82, 2.24) is 10.6 Å². The maximum atomic E-state index is 11.6. The molecular formula is C11H20N2O5S. The Morgan fingerprint density at radius 1 is 1.42 bits per heavy atom. The van der Waals surface area contributed by atoms with Crippen LogP contribution in [-0.4, -0.2) is 57.0 Å². The molecule has 0 aliphatic carbocycles. The summed E-state index contributed by atoms with van der Waals surface area (Å²) in [6, 6.07) is -0.655. The third-order valence-corrected chi connectivity index (χ3v) is 4.89. The Morgan fingerprint density at radius 2 is 2.16 bits per heavy atom. The Hall–Kier alpha value is -0.860. The summed E-state index contributed by atoms with van der Waals surface area (Å²) in [7, 11) is -2.97. The predicted octanol–water partition coefficient (Wildman–Crippen LogP) is -0.376. The first-order valence-electron chi connectivity index (χ1n) is 6.32. The van der Waals surface area contributed by atoms with Gasteiger partial charge in [-0.2, -0.15) is 0 Å². The second-order valence-corrected chi connectivity index (χ2v) is 7.63. The van der Waals surface area contributed by atoms with Crippen LogP contribution in [0.25, 0.3) is 0 Å². The zero-order valence-electron chi connectivity index (χ0n) is 11.1. The summed E-state index contributed by atoms with van der Waals surface area (Å²) in [5.41, 5.74) is 0. The summed E-state index contributed by atoms with van der Waals surface area (Å²) in [5.74, 6) is -0.440. The zero-order chi connectivity index (χ0) is 14.1. The van der Waals surface area contributed by atoms with Gasteiger partial charge in [-0.15, -0.1) is 0 Å². The molecule has 0 aromatic heterocycles. The molecule has 2 atom stereocenters. The molecule has 0 radical (unpaired) electrons. The molecule has 2 aliphatic rings. The number of carbonyl (C=O) groups excluding carboxylic acids is 1. The van der Waals surface area contributed by atoms with Crippen LogP contribution in [-0.2, 0) is 19.3 Å². The van der Waals surface area contributed by atoms with Crippen LogP contribution in [0.4, 0.5) is 4.79 Å². The summed E-state index contributed by atoms with van der Waals surface area (Å²) < 4.78 is 33.4. The van der Waals surface area contributed by atoms with Gasteiger partial charge in [-0.25, -0.2) is 13.2 Å². The van der Waals surface area contributed by atoms with Gasteiger partial charge in [0.1, 0.15) is 6.10 Å². The molecular weight excluding hydrogens is 272 g/mol. The molecule has 0 bridgehead atoms. The van der Waals surface area contributed by atoms with Crippen molar-refractivity contribution in [1.29, 1.82) is 0 Å². The van der Waals surface area contributed by atoms with Crippen molar-refractivity contribution in [2.24, 2.45) is 0 Å². The second-order valence-electron chi connectivity index (χ2n) is 5.41. The maximum absolute atomic E-state index is 11.6. The number of hydrogen-bond acceptors (Lipinski definition) is 5. The first-order chi connectivity index (χ1) is 8.76. The van der Waals surface area contributed by atoms with Crippen molar-refractivity contribution in [3.8, 4) is 0 Å². The summed E-state index contributed by atoms with van der Waals surface area (Å²) in [4.78, 5) is 11.6. The highest BCUT2D eigenvalue weighted by Crippen LogP contribution is 2.21. The molecule has 0 saturated carbocycles. The quantitative estimate of drug-likeness (QED) is 0.740. The molecule has 0 aromatic carbocycles. The highest BCUT2D eigenvalue weighted by Gasteiger charge is 2.33. The number of urea groups is 1. The maximum Gasteiger partial charge on any atom is 0.315 e. The number of rotatable bonds is 3. The first-order valence-corrected chi connectivity index (χ1v) is 8.14. The van der Waals surface area contributed by atoms with Crippen LogP contribution < -0.4 is 10.6 Å². The summed E-state index contributed by atoms with van der Waals surface area (Å²) in [6.07, 6.45) is 0.305. The zero-order valence-corrected chi connectivity index (χ0v) is 12.0. The van der Waals surface area contributed by atoms with Crippen LogP contribution in [0, 0.1) is 0 Å². The minimum Gasteiger partial charge on any atom is -0.348 e. The lowest BCUT2D eigenvalue weighted by atomic mass is 10.3. The lowest BCUT2D eigenvalue weighted by Crippen LogP contribution is -2.45. The topological polar surface area (TPSA) is 93.7 Å². The number of ether oxygens (including phenoxy) is 2. The molecule has 7 nitrogen and oxygen atoms in total. The Labute approximate surface area is 112 Å². The van der Waals surface area contributed by atoms with Crippen molar-refractivity contribution in [2.45, 2.75) is 38.2 Å². The highest BCUT2D eigenvalue weighted by atomic mass is 32.2. The number of hydrogen-bond donors (Lipinski definition) is 2. The number of amides is 2. The van der Waals surface area contributed by atoms with Crippen LogP contribution in [0.3, 0.4) is 0 Å². The number of nitrogens with one attached hydrogen (secondary N) is 2. The fourth-order valence-corrected chi connectivity index (χ4v) is 3.89. The molecule has 2 saturated heterocycles. The monoisotopic (exact) mass is 292 g/mol. The fraction of sp³-hybridized carbons (Fsp3) is 0.909. The average molecular weight is 292 g/mol. The van der Waals surface area contributed by atoms with E-state index in [0.29, 0.717) is 19.6 Å². The molecule has 110 valence electrons. The van der Waals surface area contributed by atoms with E-state index in [-0.39, 0.29) is 29.7 Å². The van der Waals surface area contributed by atoms with Gasteiger partial charge in [0.05, 0.1) is 18.1 Å². The molecule has 0 unspecified atom stereocenters. The number of sulfone groups is 1. The van der Waals surface area contributed by atoms with Crippen molar-refractivity contribution >= 4 is 15.9 Å². The van der Waals surface area contributed by atoms with E-state index in [1.807, 2.05) is 13.8 Å². The molecule has 2 N–H and O–H groups in total. The Balaban J connectivity index is 1.68. The largest absolute Gasteiger partial charge is 0.348 e. The van der Waals surface area contributed by atoms with Gasteiger partial charge < -0.3 is 20.1 Å². The minimum atomic E-state index is -2.97. The normalized spacial score (nSPS) is 32.1. The summed E-state index contributed by atoms with van der Waals surface area (Å²) in [6.45, 7) is 4.41. The van der Waals surface area contributed by atoms with E-state index in [4.69, 9.17) is 9.47 Å². The molecule has 2 aliphatic heterocycles. The Kier molecular flexibility index (Phi) is 4.03. The molecule has 19 heavy (non-hydrogen) atoms. The van der Waals surface area contributed by atoms with Crippen molar-refractivity contribution < 1.29 is 22.7 Å². The van der Waals surface area contributed by atoms with Crippen LogP contribution in [0.15, 0.2) is 0 Å². The molecule has 2 heterocycles. The van der Waals surface area contributed by atoms with E-state index in [9.17, 15) is 13.2 Å². The van der Waals surface area contributed by atoms with Gasteiger partial charge in [-0.1, -0.05) is 0 Å². The van der Waals surface area contributed by atoms with Gasteiger partial charge >= 0.3 is 6.03 Å². The molecule has 2 rings (SSSR count). The lowest BCUT2D eigenvalue weighted by molar-refractivity contribution is -0.137. The van der Waals surface area contributed by atoms with E-state index in [0.717, 1.165) is 0 Å². The SMILES string of the molecule is CC1(C)OC[C@@H](CNC(=O)N[C@@H]2CCS(=O)(=O)C2)O1. The van der Waals surface area contributed by atoms with Gasteiger partial charge in [0.15, 0.2) is 15.6 Å². The van der Waals surface area contributed by atoms with E-state index in [1.165, 1.54) is 0 Å². The Bertz CT molecular complexity index is 448. The molecule has 2 amide bonds. The van der Waals surface area contributed by atoms with Crippen LogP contribution in [0.5, 0.6) is 0 Å². The first kappa shape index (κ1) is 14.5.